The summed E-state index contributed by atoms with van der Waals surface area (Å²) in [6, 6.07) is 8.01. The molecular formula is C17H20N6O. The molecule has 0 fully saturated rings. The number of aryl methyl sites for hydroxylation is 1. The second-order valence-corrected chi connectivity index (χ2v) is 6.31. The Hall–Kier alpha value is -2.80. The Bertz CT molecular complexity index is 865. The third kappa shape index (κ3) is 3.57. The van der Waals surface area contributed by atoms with Crippen LogP contribution in [0.3, 0.4) is 0 Å². The SMILES string of the molecule is Cc1cccc(Nc2ncnc3cnc(NC(C)(C)CO)nc23)c1. The number of hydrogen-bond donors (Lipinski definition) is 3. The number of nitrogens with one attached hydrogen (secondary N) is 2. The van der Waals surface area contributed by atoms with Gasteiger partial charge >= 0.3 is 0 Å². The van der Waals surface area contributed by atoms with E-state index in [4.69, 9.17) is 0 Å². The van der Waals surface area contributed by atoms with Crippen LogP contribution >= 0.6 is 0 Å². The number of aliphatic hydroxyl groups excluding tert-OH is 1. The van der Waals surface area contributed by atoms with E-state index in [1.807, 2.05) is 45.0 Å². The summed E-state index contributed by atoms with van der Waals surface area (Å²) in [7, 11) is 0. The largest absolute Gasteiger partial charge is 0.394 e. The minimum Gasteiger partial charge on any atom is -0.394 e. The Balaban J connectivity index is 1.98. The van der Waals surface area contributed by atoms with Crippen molar-refractivity contribution in [3.8, 4) is 0 Å². The fourth-order valence-corrected chi connectivity index (χ4v) is 2.21. The van der Waals surface area contributed by atoms with Gasteiger partial charge in [0, 0.05) is 5.69 Å². The minimum atomic E-state index is -0.520. The lowest BCUT2D eigenvalue weighted by atomic mass is 10.1. The normalized spacial score (nSPS) is 11.5. The van der Waals surface area contributed by atoms with Gasteiger partial charge in [0.2, 0.25) is 5.95 Å². The molecule has 0 bridgehead atoms. The van der Waals surface area contributed by atoms with Crippen molar-refractivity contribution in [2.45, 2.75) is 26.3 Å². The molecule has 3 rings (SSSR count). The summed E-state index contributed by atoms with van der Waals surface area (Å²) in [5.74, 6) is 1.03. The summed E-state index contributed by atoms with van der Waals surface area (Å²) in [6.07, 6.45) is 3.12. The predicted octanol–water partition coefficient (Wildman–Crippen LogP) is 2.65. The molecule has 124 valence electrons. The van der Waals surface area contributed by atoms with Gasteiger partial charge in [-0.05, 0) is 38.5 Å². The lowest BCUT2D eigenvalue weighted by Crippen LogP contribution is -2.35. The number of rotatable bonds is 5. The van der Waals surface area contributed by atoms with Crippen LogP contribution in [0.5, 0.6) is 0 Å². The fraction of sp³-hybridized carbons (Fsp3) is 0.294. The van der Waals surface area contributed by atoms with Crippen molar-refractivity contribution in [2.75, 3.05) is 17.2 Å². The summed E-state index contributed by atoms with van der Waals surface area (Å²) in [4.78, 5) is 17.3. The van der Waals surface area contributed by atoms with Crippen LogP contribution in [0.25, 0.3) is 11.0 Å². The van der Waals surface area contributed by atoms with Crippen LogP contribution in [0, 0.1) is 6.92 Å². The molecule has 7 heteroatoms. The zero-order chi connectivity index (χ0) is 17.2. The van der Waals surface area contributed by atoms with E-state index >= 15 is 0 Å². The van der Waals surface area contributed by atoms with Gasteiger partial charge in [0.1, 0.15) is 17.4 Å². The molecule has 0 atom stereocenters. The van der Waals surface area contributed by atoms with Gasteiger partial charge in [-0.3, -0.25) is 0 Å². The monoisotopic (exact) mass is 324 g/mol. The second kappa shape index (κ2) is 6.37. The van der Waals surface area contributed by atoms with E-state index < -0.39 is 5.54 Å². The molecule has 3 N–H and O–H groups in total. The maximum atomic E-state index is 9.39. The number of aliphatic hydroxyl groups is 1. The van der Waals surface area contributed by atoms with Crippen LogP contribution in [0.1, 0.15) is 19.4 Å². The third-order valence-corrected chi connectivity index (χ3v) is 3.50. The molecule has 0 amide bonds. The molecular weight excluding hydrogens is 304 g/mol. The summed E-state index contributed by atoms with van der Waals surface area (Å²) < 4.78 is 0. The van der Waals surface area contributed by atoms with E-state index in [0.717, 1.165) is 11.3 Å². The smallest absolute Gasteiger partial charge is 0.223 e. The standard InChI is InChI=1S/C17H20N6O/c1-11-5-4-6-12(7-11)21-15-14-13(19-10-20-15)8-18-16(22-14)23-17(2,3)9-24/h4-8,10,24H,9H2,1-3H3,(H,18,22,23)(H,19,20,21). The zero-order valence-corrected chi connectivity index (χ0v) is 13.9. The Morgan fingerprint density at radius 2 is 2.00 bits per heavy atom. The van der Waals surface area contributed by atoms with Crippen molar-refractivity contribution in [2.24, 2.45) is 0 Å². The Kier molecular flexibility index (Phi) is 4.26. The van der Waals surface area contributed by atoms with Gasteiger partial charge in [0.25, 0.3) is 0 Å². The summed E-state index contributed by atoms with van der Waals surface area (Å²) in [5.41, 5.74) is 2.82. The zero-order valence-electron chi connectivity index (χ0n) is 13.9. The summed E-state index contributed by atoms with van der Waals surface area (Å²) in [5, 5.41) is 15.8. The molecule has 1 aromatic carbocycles. The molecule has 0 aliphatic carbocycles. The number of anilines is 3. The molecule has 0 aliphatic heterocycles. The van der Waals surface area contributed by atoms with Crippen LogP contribution in [0.15, 0.2) is 36.8 Å². The molecule has 0 saturated carbocycles. The highest BCUT2D eigenvalue weighted by Crippen LogP contribution is 2.23. The first kappa shape index (κ1) is 16.1. The van der Waals surface area contributed by atoms with Crippen molar-refractivity contribution >= 4 is 28.5 Å². The van der Waals surface area contributed by atoms with Crippen molar-refractivity contribution in [1.82, 2.24) is 19.9 Å². The van der Waals surface area contributed by atoms with Crippen LogP contribution in [0.4, 0.5) is 17.5 Å². The molecule has 0 unspecified atom stereocenters. The van der Waals surface area contributed by atoms with Crippen LogP contribution in [-0.4, -0.2) is 37.2 Å². The van der Waals surface area contributed by atoms with Gasteiger partial charge in [-0.2, -0.15) is 0 Å². The van der Waals surface area contributed by atoms with Crippen molar-refractivity contribution in [1.29, 1.82) is 0 Å². The average molecular weight is 324 g/mol. The van der Waals surface area contributed by atoms with Crippen molar-refractivity contribution in [3.63, 3.8) is 0 Å². The highest BCUT2D eigenvalue weighted by atomic mass is 16.3. The number of hydrogen-bond acceptors (Lipinski definition) is 7. The van der Waals surface area contributed by atoms with Crippen LogP contribution in [-0.2, 0) is 0 Å². The highest BCUT2D eigenvalue weighted by Gasteiger charge is 2.18. The van der Waals surface area contributed by atoms with E-state index in [-0.39, 0.29) is 6.61 Å². The van der Waals surface area contributed by atoms with Gasteiger partial charge in [0.05, 0.1) is 18.3 Å². The number of fused-ring (bicyclic) bond motifs is 1. The predicted molar refractivity (Wildman–Crippen MR) is 94.4 cm³/mol. The molecule has 0 spiro atoms. The molecule has 2 heterocycles. The molecule has 0 saturated heterocycles. The van der Waals surface area contributed by atoms with Gasteiger partial charge < -0.3 is 15.7 Å². The van der Waals surface area contributed by atoms with Crippen molar-refractivity contribution in [3.05, 3.63) is 42.4 Å². The molecule has 0 aliphatic rings. The number of benzene rings is 1. The number of aromatic nitrogens is 4. The van der Waals surface area contributed by atoms with E-state index in [2.05, 4.69) is 30.6 Å². The van der Waals surface area contributed by atoms with Crippen LogP contribution in [0.2, 0.25) is 0 Å². The lowest BCUT2D eigenvalue weighted by Gasteiger charge is -2.23. The van der Waals surface area contributed by atoms with E-state index in [9.17, 15) is 5.11 Å². The average Bonchev–Trinajstić information content (AvgIpc) is 2.55. The Morgan fingerprint density at radius 3 is 2.75 bits per heavy atom. The molecule has 0 radical (unpaired) electrons. The van der Waals surface area contributed by atoms with E-state index in [0.29, 0.717) is 22.8 Å². The maximum Gasteiger partial charge on any atom is 0.223 e. The fourth-order valence-electron chi connectivity index (χ4n) is 2.21. The molecule has 2 aromatic heterocycles. The van der Waals surface area contributed by atoms with Gasteiger partial charge in [-0.15, -0.1) is 0 Å². The van der Waals surface area contributed by atoms with Crippen molar-refractivity contribution < 1.29 is 5.11 Å². The lowest BCUT2D eigenvalue weighted by molar-refractivity contribution is 0.233. The van der Waals surface area contributed by atoms with E-state index in [1.54, 1.807) is 6.20 Å². The quantitative estimate of drug-likeness (QED) is 0.664. The minimum absolute atomic E-state index is 0.0336. The van der Waals surface area contributed by atoms with Gasteiger partial charge in [0.15, 0.2) is 5.82 Å². The first-order chi connectivity index (χ1) is 11.5. The maximum absolute atomic E-state index is 9.39. The Labute approximate surface area is 140 Å². The molecule has 7 nitrogen and oxygen atoms in total. The summed E-state index contributed by atoms with van der Waals surface area (Å²) in [6.45, 7) is 5.74. The Morgan fingerprint density at radius 1 is 1.17 bits per heavy atom. The first-order valence-corrected chi connectivity index (χ1v) is 7.67. The molecule has 24 heavy (non-hydrogen) atoms. The van der Waals surface area contributed by atoms with E-state index in [1.165, 1.54) is 6.33 Å². The highest BCUT2D eigenvalue weighted by molar-refractivity contribution is 5.87. The third-order valence-electron chi connectivity index (χ3n) is 3.50. The number of nitrogens with zero attached hydrogens (tertiary/aromatic N) is 4. The van der Waals surface area contributed by atoms with Gasteiger partial charge in [-0.1, -0.05) is 12.1 Å². The summed E-state index contributed by atoms with van der Waals surface area (Å²) >= 11 is 0. The second-order valence-electron chi connectivity index (χ2n) is 6.31. The molecule has 3 aromatic rings. The van der Waals surface area contributed by atoms with Crippen LogP contribution < -0.4 is 10.6 Å². The topological polar surface area (TPSA) is 95.9 Å². The first-order valence-electron chi connectivity index (χ1n) is 7.67. The van der Waals surface area contributed by atoms with Gasteiger partial charge in [-0.25, -0.2) is 19.9 Å².